The van der Waals surface area contributed by atoms with E-state index in [0.717, 1.165) is 16.0 Å². The van der Waals surface area contributed by atoms with Crippen molar-refractivity contribution in [2.45, 2.75) is 29.8 Å². The third kappa shape index (κ3) is 8.86. The number of aliphatic hydroxyl groups is 1. The lowest BCUT2D eigenvalue weighted by Gasteiger charge is -2.21. The fourth-order valence-electron chi connectivity index (χ4n) is 3.95. The van der Waals surface area contributed by atoms with Crippen molar-refractivity contribution in [3.05, 3.63) is 126 Å². The summed E-state index contributed by atoms with van der Waals surface area (Å²) in [6, 6.07) is 34.0. The number of thioether (sulfide) groups is 1. The monoisotopic (exact) mass is 571 g/mol. The Balaban J connectivity index is 1.32. The highest BCUT2D eigenvalue weighted by Gasteiger charge is 2.30. The molecule has 0 aliphatic rings. The van der Waals surface area contributed by atoms with Crippen LogP contribution in [-0.2, 0) is 21.0 Å². The Morgan fingerprint density at radius 1 is 0.829 bits per heavy atom. The van der Waals surface area contributed by atoms with Crippen LogP contribution in [-0.4, -0.2) is 42.4 Å². The van der Waals surface area contributed by atoms with Gasteiger partial charge in [0.25, 0.3) is 0 Å². The van der Waals surface area contributed by atoms with E-state index in [1.807, 2.05) is 84.9 Å². The standard InChI is InChI=1S/C33H33NO6S/c1-3-38-33(36)32(41-29-12-8-5-9-13-29)31(35)26-16-20-28(21-17-26)39-22-24-14-18-27(19-15-24)40-23-30(34-37-2)25-10-6-4-7-11-25/h4-21,31-32,35H,3,22-23H2,1-2H3/b34-30+. The molecule has 0 bridgehead atoms. The molecule has 0 fully saturated rings. The van der Waals surface area contributed by atoms with E-state index in [9.17, 15) is 9.90 Å². The molecule has 212 valence electrons. The van der Waals surface area contributed by atoms with E-state index in [2.05, 4.69) is 5.16 Å². The molecule has 2 atom stereocenters. The molecule has 0 heterocycles. The average molecular weight is 572 g/mol. The smallest absolute Gasteiger partial charge is 0.322 e. The molecule has 0 saturated carbocycles. The first-order chi connectivity index (χ1) is 20.1. The van der Waals surface area contributed by atoms with Gasteiger partial charge in [-0.05, 0) is 54.4 Å². The van der Waals surface area contributed by atoms with Crippen molar-refractivity contribution < 1.29 is 28.9 Å². The number of nitrogens with zero attached hydrogens (tertiary/aromatic N) is 1. The third-order valence-corrected chi connectivity index (χ3v) is 7.29. The second-order valence-corrected chi connectivity index (χ2v) is 10.1. The highest BCUT2D eigenvalue weighted by molar-refractivity contribution is 8.00. The summed E-state index contributed by atoms with van der Waals surface area (Å²) in [6.45, 7) is 2.62. The van der Waals surface area contributed by atoms with Gasteiger partial charge in [0.05, 0.1) is 6.61 Å². The van der Waals surface area contributed by atoms with Crippen molar-refractivity contribution in [2.75, 3.05) is 20.3 Å². The van der Waals surface area contributed by atoms with Crippen LogP contribution in [0.1, 0.15) is 29.7 Å². The van der Waals surface area contributed by atoms with Gasteiger partial charge < -0.3 is 24.2 Å². The van der Waals surface area contributed by atoms with Crippen molar-refractivity contribution in [3.8, 4) is 11.5 Å². The highest BCUT2D eigenvalue weighted by atomic mass is 32.2. The average Bonchev–Trinajstić information content (AvgIpc) is 3.02. The highest BCUT2D eigenvalue weighted by Crippen LogP contribution is 2.34. The summed E-state index contributed by atoms with van der Waals surface area (Å²) in [5.74, 6) is 0.896. The minimum absolute atomic E-state index is 0.244. The van der Waals surface area contributed by atoms with Gasteiger partial charge in [0.1, 0.15) is 48.9 Å². The van der Waals surface area contributed by atoms with Gasteiger partial charge in [0.2, 0.25) is 0 Å². The predicted molar refractivity (Wildman–Crippen MR) is 160 cm³/mol. The molecule has 0 aliphatic carbocycles. The van der Waals surface area contributed by atoms with E-state index in [4.69, 9.17) is 19.0 Å². The van der Waals surface area contributed by atoms with Crippen LogP contribution in [0, 0.1) is 0 Å². The first-order valence-electron chi connectivity index (χ1n) is 13.2. The summed E-state index contributed by atoms with van der Waals surface area (Å²) < 4.78 is 17.1. The molecule has 0 amide bonds. The fourth-order valence-corrected chi connectivity index (χ4v) is 5.01. The first-order valence-corrected chi connectivity index (χ1v) is 14.1. The van der Waals surface area contributed by atoms with Gasteiger partial charge in [0.15, 0.2) is 0 Å². The maximum atomic E-state index is 12.6. The number of esters is 1. The second kappa shape index (κ2) is 15.5. The van der Waals surface area contributed by atoms with Gasteiger partial charge in [-0.25, -0.2) is 0 Å². The van der Waals surface area contributed by atoms with Gasteiger partial charge in [-0.1, -0.05) is 78.0 Å². The van der Waals surface area contributed by atoms with Crippen LogP contribution < -0.4 is 9.47 Å². The lowest BCUT2D eigenvalue weighted by atomic mass is 10.1. The third-order valence-electron chi connectivity index (χ3n) is 6.05. The number of ether oxygens (including phenoxy) is 3. The maximum Gasteiger partial charge on any atom is 0.322 e. The molecular formula is C33H33NO6S. The summed E-state index contributed by atoms with van der Waals surface area (Å²) in [5.41, 5.74) is 3.20. The molecule has 1 N–H and O–H groups in total. The van der Waals surface area contributed by atoms with E-state index in [0.29, 0.717) is 29.4 Å². The Hall–Kier alpha value is -4.27. The van der Waals surface area contributed by atoms with Gasteiger partial charge in [0, 0.05) is 10.5 Å². The van der Waals surface area contributed by atoms with Crippen LogP contribution in [0.4, 0.5) is 0 Å². The molecule has 41 heavy (non-hydrogen) atoms. The molecule has 0 saturated heterocycles. The molecular weight excluding hydrogens is 538 g/mol. The van der Waals surface area contributed by atoms with Crippen LogP contribution in [0.15, 0.2) is 119 Å². The zero-order chi connectivity index (χ0) is 28.9. The Morgan fingerprint density at radius 3 is 2.07 bits per heavy atom. The topological polar surface area (TPSA) is 86.6 Å². The van der Waals surface area contributed by atoms with E-state index in [1.165, 1.54) is 18.9 Å². The molecule has 4 aromatic carbocycles. The lowest BCUT2D eigenvalue weighted by molar-refractivity contribution is -0.144. The summed E-state index contributed by atoms with van der Waals surface area (Å²) in [6.07, 6.45) is -1.04. The largest absolute Gasteiger partial charge is 0.489 e. The number of carbonyl (C=O) groups is 1. The van der Waals surface area contributed by atoms with Gasteiger partial charge in [-0.15, -0.1) is 11.8 Å². The van der Waals surface area contributed by atoms with Gasteiger partial charge in [-0.3, -0.25) is 4.79 Å². The van der Waals surface area contributed by atoms with Gasteiger partial charge >= 0.3 is 5.97 Å². The Bertz CT molecular complexity index is 1380. The van der Waals surface area contributed by atoms with E-state index >= 15 is 0 Å². The molecule has 4 aromatic rings. The molecule has 4 rings (SSSR count). The minimum Gasteiger partial charge on any atom is -0.489 e. The van der Waals surface area contributed by atoms with Crippen molar-refractivity contribution in [2.24, 2.45) is 5.16 Å². The summed E-state index contributed by atoms with van der Waals surface area (Å²) in [5, 5.41) is 14.3. The number of rotatable bonds is 14. The summed E-state index contributed by atoms with van der Waals surface area (Å²) in [7, 11) is 1.51. The van der Waals surface area contributed by atoms with Crippen LogP contribution in [0.5, 0.6) is 11.5 Å². The Labute approximate surface area is 244 Å². The van der Waals surface area contributed by atoms with Crippen LogP contribution in [0.25, 0.3) is 0 Å². The van der Waals surface area contributed by atoms with Crippen molar-refractivity contribution in [1.29, 1.82) is 0 Å². The molecule has 0 aliphatic heterocycles. The zero-order valence-corrected chi connectivity index (χ0v) is 23.8. The zero-order valence-electron chi connectivity index (χ0n) is 23.0. The number of hydrogen-bond donors (Lipinski definition) is 1. The molecule has 0 radical (unpaired) electrons. The lowest BCUT2D eigenvalue weighted by Crippen LogP contribution is -2.27. The number of oxime groups is 1. The second-order valence-electron chi connectivity index (χ2n) is 8.93. The molecule has 8 heteroatoms. The van der Waals surface area contributed by atoms with E-state index in [-0.39, 0.29) is 13.2 Å². The van der Waals surface area contributed by atoms with Crippen molar-refractivity contribution in [1.82, 2.24) is 0 Å². The normalized spacial score (nSPS) is 12.7. The molecule has 0 aromatic heterocycles. The number of carbonyl (C=O) groups excluding carboxylic acids is 1. The van der Waals surface area contributed by atoms with Crippen molar-refractivity contribution in [3.63, 3.8) is 0 Å². The SMILES string of the molecule is CCOC(=O)C(Sc1ccccc1)C(O)c1ccc(OCc2ccc(OC/C(=N\OC)c3ccccc3)cc2)cc1. The molecule has 2 unspecified atom stereocenters. The first kappa shape index (κ1) is 29.7. The van der Waals surface area contributed by atoms with E-state index in [1.54, 1.807) is 31.2 Å². The van der Waals surface area contributed by atoms with Crippen molar-refractivity contribution >= 4 is 23.4 Å². The van der Waals surface area contributed by atoms with Gasteiger partial charge in [-0.2, -0.15) is 0 Å². The van der Waals surface area contributed by atoms with E-state index < -0.39 is 17.3 Å². The molecule has 7 nitrogen and oxygen atoms in total. The molecule has 0 spiro atoms. The minimum atomic E-state index is -1.04. The quantitative estimate of drug-likeness (QED) is 0.0805. The van der Waals surface area contributed by atoms with Crippen LogP contribution in [0.3, 0.4) is 0 Å². The number of benzene rings is 4. The predicted octanol–water partition coefficient (Wildman–Crippen LogP) is 6.45. The Morgan fingerprint density at radius 2 is 1.44 bits per heavy atom. The maximum absolute atomic E-state index is 12.6. The number of aliphatic hydroxyl groups excluding tert-OH is 1. The Kier molecular flexibility index (Phi) is 11.2. The van der Waals surface area contributed by atoms with Crippen LogP contribution in [0.2, 0.25) is 0 Å². The van der Waals surface area contributed by atoms with Crippen LogP contribution >= 0.6 is 11.8 Å². The summed E-state index contributed by atoms with van der Waals surface area (Å²) >= 11 is 1.28. The summed E-state index contributed by atoms with van der Waals surface area (Å²) in [4.78, 5) is 18.5. The number of hydrogen-bond acceptors (Lipinski definition) is 8. The fraction of sp³-hybridized carbons (Fsp3) is 0.212.